The van der Waals surface area contributed by atoms with Crippen molar-refractivity contribution < 1.29 is 13.2 Å². The minimum atomic E-state index is -4.39. The lowest BCUT2D eigenvalue weighted by atomic mass is 10.2. The van der Waals surface area contributed by atoms with Gasteiger partial charge in [0.1, 0.15) is 0 Å². The van der Waals surface area contributed by atoms with Gasteiger partial charge in [-0.05, 0) is 38.0 Å². The van der Waals surface area contributed by atoms with E-state index in [9.17, 15) is 13.2 Å². The van der Waals surface area contributed by atoms with Gasteiger partial charge in [-0.25, -0.2) is 4.98 Å². The maximum atomic E-state index is 12.9. The summed E-state index contributed by atoms with van der Waals surface area (Å²) in [4.78, 5) is 4.34. The summed E-state index contributed by atoms with van der Waals surface area (Å²) in [6.07, 6.45) is -0.306. The number of nitrogens with one attached hydrogen (secondary N) is 1. The number of rotatable bonds is 3. The van der Waals surface area contributed by atoms with Crippen LogP contribution in [0.5, 0.6) is 0 Å². The molecule has 3 nitrogen and oxygen atoms in total. The molecule has 0 bridgehead atoms. The molecule has 0 aliphatic heterocycles. The Morgan fingerprint density at radius 1 is 1.33 bits per heavy atom. The largest absolute Gasteiger partial charge is 0.417 e. The predicted molar refractivity (Wildman–Crippen MR) is 77.7 cm³/mol. The van der Waals surface area contributed by atoms with Gasteiger partial charge < -0.3 is 9.88 Å². The van der Waals surface area contributed by atoms with E-state index in [1.165, 1.54) is 6.07 Å². The number of hydrogen-bond donors (Lipinski definition) is 1. The highest BCUT2D eigenvalue weighted by Gasteiger charge is 2.33. The zero-order chi connectivity index (χ0) is 15.2. The summed E-state index contributed by atoms with van der Waals surface area (Å²) in [5.41, 5.74) is 0.518. The van der Waals surface area contributed by atoms with Crippen LogP contribution in [0.4, 0.5) is 24.8 Å². The second-order valence-corrected chi connectivity index (χ2v) is 6.02. The Labute approximate surface area is 128 Å². The van der Waals surface area contributed by atoms with Crippen molar-refractivity contribution in [1.82, 2.24) is 9.55 Å². The summed E-state index contributed by atoms with van der Waals surface area (Å²) in [6.45, 7) is 1.87. The molecule has 112 valence electrons. The SMILES string of the molecule is Cc1cn(C2CC2)c(Nc2ccc(Br)c(C(F)(F)F)c2)n1. The molecule has 0 radical (unpaired) electrons. The Morgan fingerprint density at radius 3 is 2.67 bits per heavy atom. The van der Waals surface area contributed by atoms with Gasteiger partial charge >= 0.3 is 6.18 Å². The molecule has 21 heavy (non-hydrogen) atoms. The second kappa shape index (κ2) is 5.05. The fraction of sp³-hybridized carbons (Fsp3) is 0.357. The highest BCUT2D eigenvalue weighted by molar-refractivity contribution is 9.10. The van der Waals surface area contributed by atoms with E-state index in [4.69, 9.17) is 0 Å². The topological polar surface area (TPSA) is 29.9 Å². The van der Waals surface area contributed by atoms with Gasteiger partial charge in [-0.15, -0.1) is 0 Å². The molecule has 0 unspecified atom stereocenters. The molecule has 7 heteroatoms. The molecule has 2 aromatic rings. The summed E-state index contributed by atoms with van der Waals surface area (Å²) in [5, 5.41) is 2.99. The van der Waals surface area contributed by atoms with E-state index in [1.807, 2.05) is 17.7 Å². The second-order valence-electron chi connectivity index (χ2n) is 5.16. The van der Waals surface area contributed by atoms with Gasteiger partial charge in [0.15, 0.2) is 0 Å². The molecule has 3 rings (SSSR count). The molecule has 1 aliphatic carbocycles. The smallest absolute Gasteiger partial charge is 0.326 e. The molecule has 1 N–H and O–H groups in total. The molecule has 1 fully saturated rings. The van der Waals surface area contributed by atoms with Crippen molar-refractivity contribution in [3.63, 3.8) is 0 Å². The molecular weight excluding hydrogens is 347 g/mol. The van der Waals surface area contributed by atoms with Crippen molar-refractivity contribution in [3.05, 3.63) is 40.1 Å². The molecule has 1 saturated carbocycles. The summed E-state index contributed by atoms with van der Waals surface area (Å²) in [7, 11) is 0. The van der Waals surface area contributed by atoms with Gasteiger partial charge in [-0.3, -0.25) is 0 Å². The van der Waals surface area contributed by atoms with Crippen LogP contribution in [0.2, 0.25) is 0 Å². The van der Waals surface area contributed by atoms with Gasteiger partial charge in [0.25, 0.3) is 0 Å². The van der Waals surface area contributed by atoms with Crippen LogP contribution < -0.4 is 5.32 Å². The number of halogens is 4. The van der Waals surface area contributed by atoms with Gasteiger partial charge in [-0.1, -0.05) is 15.9 Å². The minimum absolute atomic E-state index is 0.0299. The van der Waals surface area contributed by atoms with Crippen molar-refractivity contribution in [2.45, 2.75) is 32.0 Å². The van der Waals surface area contributed by atoms with Crippen LogP contribution in [0.1, 0.15) is 30.1 Å². The third-order valence-corrected chi connectivity index (χ3v) is 4.01. The Balaban J connectivity index is 1.92. The number of benzene rings is 1. The number of nitrogens with zero attached hydrogens (tertiary/aromatic N) is 2. The van der Waals surface area contributed by atoms with Crippen LogP contribution in [-0.2, 0) is 6.18 Å². The molecule has 0 spiro atoms. The Hall–Kier alpha value is -1.50. The van der Waals surface area contributed by atoms with Crippen molar-refractivity contribution in [2.24, 2.45) is 0 Å². The molecule has 1 aromatic heterocycles. The first-order chi connectivity index (χ1) is 9.84. The van der Waals surface area contributed by atoms with Crippen LogP contribution in [0.25, 0.3) is 0 Å². The number of alkyl halides is 3. The van der Waals surface area contributed by atoms with Gasteiger partial charge in [0.05, 0.1) is 11.3 Å². The minimum Gasteiger partial charge on any atom is -0.326 e. The fourth-order valence-electron chi connectivity index (χ4n) is 2.19. The van der Waals surface area contributed by atoms with Crippen molar-refractivity contribution in [1.29, 1.82) is 0 Å². The first-order valence-corrected chi connectivity index (χ1v) is 7.33. The highest BCUT2D eigenvalue weighted by Crippen LogP contribution is 2.39. The van der Waals surface area contributed by atoms with Crippen molar-refractivity contribution in [3.8, 4) is 0 Å². The normalized spacial score (nSPS) is 15.3. The van der Waals surface area contributed by atoms with Crippen LogP contribution in [-0.4, -0.2) is 9.55 Å². The lowest BCUT2D eigenvalue weighted by Gasteiger charge is -2.13. The highest BCUT2D eigenvalue weighted by atomic mass is 79.9. The third-order valence-electron chi connectivity index (χ3n) is 3.32. The van der Waals surface area contributed by atoms with E-state index in [1.54, 1.807) is 6.07 Å². The van der Waals surface area contributed by atoms with Crippen LogP contribution in [0, 0.1) is 6.92 Å². The monoisotopic (exact) mass is 359 g/mol. The van der Waals surface area contributed by atoms with Crippen LogP contribution in [0.15, 0.2) is 28.9 Å². The maximum absolute atomic E-state index is 12.9. The number of anilines is 2. The lowest BCUT2D eigenvalue weighted by molar-refractivity contribution is -0.138. The molecule has 0 atom stereocenters. The van der Waals surface area contributed by atoms with E-state index >= 15 is 0 Å². The van der Waals surface area contributed by atoms with Gasteiger partial charge in [0, 0.05) is 22.4 Å². The van der Waals surface area contributed by atoms with E-state index in [2.05, 4.69) is 26.2 Å². The maximum Gasteiger partial charge on any atom is 0.417 e. The Morgan fingerprint density at radius 2 is 2.05 bits per heavy atom. The molecular formula is C14H13BrF3N3. The fourth-order valence-corrected chi connectivity index (χ4v) is 2.66. The summed E-state index contributed by atoms with van der Waals surface area (Å²) in [5.74, 6) is 0.588. The lowest BCUT2D eigenvalue weighted by Crippen LogP contribution is -2.07. The zero-order valence-electron chi connectivity index (χ0n) is 11.2. The summed E-state index contributed by atoms with van der Waals surface area (Å²) >= 11 is 2.93. The van der Waals surface area contributed by atoms with E-state index in [0.29, 0.717) is 17.7 Å². The predicted octanol–water partition coefficient (Wildman–Crippen LogP) is 5.05. The molecule has 0 saturated heterocycles. The van der Waals surface area contributed by atoms with Gasteiger partial charge in [0.2, 0.25) is 5.95 Å². The van der Waals surface area contributed by atoms with E-state index < -0.39 is 11.7 Å². The molecule has 0 amide bonds. The van der Waals surface area contributed by atoms with E-state index in [0.717, 1.165) is 24.6 Å². The van der Waals surface area contributed by atoms with Crippen molar-refractivity contribution in [2.75, 3.05) is 5.32 Å². The molecule has 1 aliphatic rings. The number of hydrogen-bond acceptors (Lipinski definition) is 2. The number of aromatic nitrogens is 2. The quantitative estimate of drug-likeness (QED) is 0.830. The average molecular weight is 360 g/mol. The number of aryl methyl sites for hydroxylation is 1. The Kier molecular flexibility index (Phi) is 3.47. The third kappa shape index (κ3) is 3.07. The molecule has 1 heterocycles. The Bertz CT molecular complexity index is 675. The van der Waals surface area contributed by atoms with Gasteiger partial charge in [-0.2, -0.15) is 13.2 Å². The summed E-state index contributed by atoms with van der Waals surface area (Å²) in [6, 6.07) is 4.49. The van der Waals surface area contributed by atoms with Crippen molar-refractivity contribution >= 4 is 27.6 Å². The molecule has 1 aromatic carbocycles. The average Bonchev–Trinajstić information content (AvgIpc) is 3.15. The number of imidazole rings is 1. The van der Waals surface area contributed by atoms with E-state index in [-0.39, 0.29) is 4.47 Å². The van der Waals surface area contributed by atoms with Crippen LogP contribution in [0.3, 0.4) is 0 Å². The standard InChI is InChI=1S/C14H13BrF3N3/c1-8-7-21(10-3-4-10)13(19-8)20-9-2-5-12(15)11(6-9)14(16,17)18/h2,5-7,10H,3-4H2,1H3,(H,19,20). The summed E-state index contributed by atoms with van der Waals surface area (Å²) < 4.78 is 40.8. The van der Waals surface area contributed by atoms with Crippen LogP contribution >= 0.6 is 15.9 Å². The first-order valence-electron chi connectivity index (χ1n) is 6.54. The first kappa shape index (κ1) is 14.4. The zero-order valence-corrected chi connectivity index (χ0v) is 12.8.